The van der Waals surface area contributed by atoms with Crippen LogP contribution in [-0.4, -0.2) is 32.7 Å². The van der Waals surface area contributed by atoms with Crippen molar-refractivity contribution in [1.82, 2.24) is 5.32 Å². The fraction of sp³-hybridized carbons (Fsp3) is 0.526. The SMILES string of the molecule is COc1cc(OC)c(N[C@@H](C)C(=O)NCCC2=CCCCC2)cc1Cl. The summed E-state index contributed by atoms with van der Waals surface area (Å²) in [5.41, 5.74) is 2.11. The summed E-state index contributed by atoms with van der Waals surface area (Å²) in [6, 6.07) is 3.00. The van der Waals surface area contributed by atoms with E-state index in [1.807, 2.05) is 6.92 Å². The van der Waals surface area contributed by atoms with E-state index in [4.69, 9.17) is 21.1 Å². The van der Waals surface area contributed by atoms with Crippen molar-refractivity contribution in [3.8, 4) is 11.5 Å². The van der Waals surface area contributed by atoms with Crippen LogP contribution in [0, 0.1) is 0 Å². The number of amides is 1. The van der Waals surface area contributed by atoms with Gasteiger partial charge in [0.15, 0.2) is 0 Å². The molecule has 2 N–H and O–H groups in total. The largest absolute Gasteiger partial charge is 0.495 e. The summed E-state index contributed by atoms with van der Waals surface area (Å²) in [4.78, 5) is 12.3. The van der Waals surface area contributed by atoms with Crippen molar-refractivity contribution in [2.75, 3.05) is 26.1 Å². The van der Waals surface area contributed by atoms with Gasteiger partial charge in [-0.05, 0) is 45.1 Å². The molecule has 138 valence electrons. The topological polar surface area (TPSA) is 59.6 Å². The Balaban J connectivity index is 1.89. The molecule has 6 heteroatoms. The molecule has 1 aromatic carbocycles. The average Bonchev–Trinajstić information content (AvgIpc) is 2.62. The van der Waals surface area contributed by atoms with Crippen LogP contribution in [0.5, 0.6) is 11.5 Å². The lowest BCUT2D eigenvalue weighted by Gasteiger charge is -2.19. The molecule has 5 nitrogen and oxygen atoms in total. The summed E-state index contributed by atoms with van der Waals surface area (Å²) in [6.07, 6.45) is 8.10. The molecule has 1 aromatic rings. The first-order chi connectivity index (χ1) is 12.0. The maximum Gasteiger partial charge on any atom is 0.242 e. The van der Waals surface area contributed by atoms with Crippen LogP contribution in [0.4, 0.5) is 5.69 Å². The van der Waals surface area contributed by atoms with Gasteiger partial charge in [0.2, 0.25) is 5.91 Å². The van der Waals surface area contributed by atoms with Crippen LogP contribution in [0.15, 0.2) is 23.8 Å². The minimum absolute atomic E-state index is 0.0506. The summed E-state index contributed by atoms with van der Waals surface area (Å²) in [7, 11) is 3.11. The number of hydrogen-bond donors (Lipinski definition) is 2. The molecule has 2 rings (SSSR count). The smallest absolute Gasteiger partial charge is 0.242 e. The fourth-order valence-electron chi connectivity index (χ4n) is 2.90. The van der Waals surface area contributed by atoms with E-state index in [0.717, 1.165) is 12.8 Å². The van der Waals surface area contributed by atoms with Crippen molar-refractivity contribution in [1.29, 1.82) is 0 Å². The van der Waals surface area contributed by atoms with E-state index >= 15 is 0 Å². The predicted octanol–water partition coefficient (Wildman–Crippen LogP) is 4.16. The second kappa shape index (κ2) is 9.56. The molecular weight excluding hydrogens is 340 g/mol. The normalized spacial score (nSPS) is 15.1. The minimum atomic E-state index is -0.404. The standard InChI is InChI=1S/C19H27ClN2O3/c1-13(19(23)21-10-9-14-7-5-4-6-8-14)22-16-11-15(20)17(24-2)12-18(16)25-3/h7,11-13,22H,4-6,8-10H2,1-3H3,(H,21,23)/t13-/m0/s1. The molecule has 25 heavy (non-hydrogen) atoms. The summed E-state index contributed by atoms with van der Waals surface area (Å²) in [5, 5.41) is 6.59. The monoisotopic (exact) mass is 366 g/mol. The van der Waals surface area contributed by atoms with Gasteiger partial charge in [-0.25, -0.2) is 0 Å². The molecule has 0 bridgehead atoms. The minimum Gasteiger partial charge on any atom is -0.495 e. The molecule has 0 spiro atoms. The highest BCUT2D eigenvalue weighted by Crippen LogP contribution is 2.36. The van der Waals surface area contributed by atoms with E-state index in [2.05, 4.69) is 16.7 Å². The first-order valence-electron chi connectivity index (χ1n) is 8.68. The van der Waals surface area contributed by atoms with Gasteiger partial charge in [0, 0.05) is 12.6 Å². The molecule has 1 aliphatic carbocycles. The van der Waals surface area contributed by atoms with Crippen molar-refractivity contribution in [2.24, 2.45) is 0 Å². The second-order valence-corrected chi connectivity index (χ2v) is 6.61. The molecule has 0 saturated carbocycles. The summed E-state index contributed by atoms with van der Waals surface area (Å²) in [6.45, 7) is 2.48. The third kappa shape index (κ3) is 5.56. The van der Waals surface area contributed by atoms with Crippen LogP contribution < -0.4 is 20.1 Å². The summed E-state index contributed by atoms with van der Waals surface area (Å²) >= 11 is 6.16. The van der Waals surface area contributed by atoms with Crippen LogP contribution in [0.2, 0.25) is 5.02 Å². The van der Waals surface area contributed by atoms with Gasteiger partial charge >= 0.3 is 0 Å². The van der Waals surface area contributed by atoms with Gasteiger partial charge in [-0.3, -0.25) is 4.79 Å². The van der Waals surface area contributed by atoms with E-state index < -0.39 is 6.04 Å². The van der Waals surface area contributed by atoms with Crippen molar-refractivity contribution >= 4 is 23.2 Å². The van der Waals surface area contributed by atoms with Crippen molar-refractivity contribution in [2.45, 2.75) is 45.1 Å². The molecule has 0 aliphatic heterocycles. The number of carbonyl (C=O) groups excluding carboxylic acids is 1. The van der Waals surface area contributed by atoms with E-state index in [1.165, 1.54) is 24.8 Å². The van der Waals surface area contributed by atoms with Gasteiger partial charge in [0.1, 0.15) is 17.5 Å². The number of nitrogens with one attached hydrogen (secondary N) is 2. The molecule has 1 atom stereocenters. The Labute approximate surface area is 154 Å². The summed E-state index contributed by atoms with van der Waals surface area (Å²) < 4.78 is 10.5. The van der Waals surface area contributed by atoms with Gasteiger partial charge in [-0.1, -0.05) is 23.3 Å². The maximum atomic E-state index is 12.3. The molecule has 0 fully saturated rings. The Bertz CT molecular complexity index is 631. The molecule has 0 saturated heterocycles. The highest BCUT2D eigenvalue weighted by molar-refractivity contribution is 6.32. The van der Waals surface area contributed by atoms with Crippen LogP contribution in [0.3, 0.4) is 0 Å². The second-order valence-electron chi connectivity index (χ2n) is 6.20. The number of methoxy groups -OCH3 is 2. The third-order valence-electron chi connectivity index (χ3n) is 4.37. The Morgan fingerprint density at radius 2 is 2.00 bits per heavy atom. The number of halogens is 1. The van der Waals surface area contributed by atoms with Gasteiger partial charge < -0.3 is 20.1 Å². The van der Waals surface area contributed by atoms with Crippen LogP contribution in [0.25, 0.3) is 0 Å². The van der Waals surface area contributed by atoms with E-state index in [1.54, 1.807) is 26.4 Å². The lowest BCUT2D eigenvalue weighted by molar-refractivity contribution is -0.121. The Kier molecular flexibility index (Phi) is 7.44. The quantitative estimate of drug-likeness (QED) is 0.678. The van der Waals surface area contributed by atoms with Gasteiger partial charge in [-0.2, -0.15) is 0 Å². The fourth-order valence-corrected chi connectivity index (χ4v) is 3.14. The number of carbonyl (C=O) groups is 1. The van der Waals surface area contributed by atoms with Crippen molar-refractivity contribution in [3.63, 3.8) is 0 Å². The Hall–Kier alpha value is -1.88. The third-order valence-corrected chi connectivity index (χ3v) is 4.66. The van der Waals surface area contributed by atoms with Gasteiger partial charge in [-0.15, -0.1) is 0 Å². The van der Waals surface area contributed by atoms with Crippen molar-refractivity contribution in [3.05, 3.63) is 28.8 Å². The number of rotatable bonds is 8. The van der Waals surface area contributed by atoms with Gasteiger partial charge in [0.25, 0.3) is 0 Å². The number of hydrogen-bond acceptors (Lipinski definition) is 4. The lowest BCUT2D eigenvalue weighted by Crippen LogP contribution is -2.38. The highest BCUT2D eigenvalue weighted by atomic mass is 35.5. The first-order valence-corrected chi connectivity index (χ1v) is 9.06. The molecular formula is C19H27ClN2O3. The average molecular weight is 367 g/mol. The maximum absolute atomic E-state index is 12.3. The zero-order chi connectivity index (χ0) is 18.2. The van der Waals surface area contributed by atoms with E-state index in [0.29, 0.717) is 28.8 Å². The predicted molar refractivity (Wildman–Crippen MR) is 102 cm³/mol. The Morgan fingerprint density at radius 3 is 2.64 bits per heavy atom. The van der Waals surface area contributed by atoms with E-state index in [9.17, 15) is 4.79 Å². The Morgan fingerprint density at radius 1 is 1.24 bits per heavy atom. The number of ether oxygens (including phenoxy) is 2. The van der Waals surface area contributed by atoms with Crippen LogP contribution in [-0.2, 0) is 4.79 Å². The molecule has 1 amide bonds. The lowest BCUT2D eigenvalue weighted by atomic mass is 9.97. The number of benzene rings is 1. The van der Waals surface area contributed by atoms with Crippen LogP contribution >= 0.6 is 11.6 Å². The molecule has 0 radical (unpaired) electrons. The molecule has 0 unspecified atom stereocenters. The van der Waals surface area contributed by atoms with Crippen molar-refractivity contribution < 1.29 is 14.3 Å². The molecule has 0 heterocycles. The number of anilines is 1. The van der Waals surface area contributed by atoms with Crippen LogP contribution in [0.1, 0.15) is 39.0 Å². The number of allylic oxidation sites excluding steroid dienone is 1. The van der Waals surface area contributed by atoms with E-state index in [-0.39, 0.29) is 5.91 Å². The highest BCUT2D eigenvalue weighted by Gasteiger charge is 2.16. The zero-order valence-corrected chi connectivity index (χ0v) is 15.9. The molecule has 0 aromatic heterocycles. The first kappa shape index (κ1) is 19.4. The molecule has 1 aliphatic rings. The zero-order valence-electron chi connectivity index (χ0n) is 15.2. The van der Waals surface area contributed by atoms with Gasteiger partial charge in [0.05, 0.1) is 24.9 Å². The summed E-state index contributed by atoms with van der Waals surface area (Å²) in [5.74, 6) is 1.06.